The molecule has 4 heteroatoms. The van der Waals surface area contributed by atoms with Crippen LogP contribution in [0.25, 0.3) is 27.6 Å². The van der Waals surface area contributed by atoms with Crippen LogP contribution in [0.1, 0.15) is 16.7 Å². The SMILES string of the molecule is C=Cc1c2ccccc2c(CS(=O)(=O)Cc2ccc(I)cc2)c2ccccc12. The van der Waals surface area contributed by atoms with Gasteiger partial charge in [-0.05, 0) is 73.0 Å². The van der Waals surface area contributed by atoms with Crippen LogP contribution in [-0.4, -0.2) is 8.42 Å². The first-order chi connectivity index (χ1) is 13.5. The molecule has 0 fully saturated rings. The summed E-state index contributed by atoms with van der Waals surface area (Å²) in [5.74, 6) is 0.0488. The van der Waals surface area contributed by atoms with Crippen molar-refractivity contribution < 1.29 is 8.42 Å². The molecule has 2 nitrogen and oxygen atoms in total. The normalized spacial score (nSPS) is 11.8. The second-order valence-electron chi connectivity index (χ2n) is 6.85. The summed E-state index contributed by atoms with van der Waals surface area (Å²) in [5, 5.41) is 4.02. The second kappa shape index (κ2) is 7.68. The highest BCUT2D eigenvalue weighted by Gasteiger charge is 2.19. The van der Waals surface area contributed by atoms with E-state index in [0.29, 0.717) is 0 Å². The summed E-state index contributed by atoms with van der Waals surface area (Å²) in [6.45, 7) is 3.98. The molecule has 0 heterocycles. The molecule has 0 aliphatic rings. The van der Waals surface area contributed by atoms with Gasteiger partial charge in [0.1, 0.15) is 0 Å². The summed E-state index contributed by atoms with van der Waals surface area (Å²) in [6, 6.07) is 23.6. The molecule has 140 valence electrons. The lowest BCUT2D eigenvalue weighted by molar-refractivity contribution is 0.595. The van der Waals surface area contributed by atoms with Gasteiger partial charge >= 0.3 is 0 Å². The predicted octanol–water partition coefficient (Wildman–Crippen LogP) is 6.36. The first kappa shape index (κ1) is 19.2. The maximum Gasteiger partial charge on any atom is 0.158 e. The molecule has 0 N–H and O–H groups in total. The summed E-state index contributed by atoms with van der Waals surface area (Å²) in [4.78, 5) is 0. The lowest BCUT2D eigenvalue weighted by Gasteiger charge is -2.15. The van der Waals surface area contributed by atoms with Crippen molar-refractivity contribution in [2.75, 3.05) is 0 Å². The van der Waals surface area contributed by atoms with Gasteiger partial charge in [-0.2, -0.15) is 0 Å². The molecule has 0 spiro atoms. The second-order valence-corrected chi connectivity index (χ2v) is 10.2. The fraction of sp³-hybridized carbons (Fsp3) is 0.0833. The van der Waals surface area contributed by atoms with Gasteiger partial charge in [-0.15, -0.1) is 0 Å². The van der Waals surface area contributed by atoms with Gasteiger partial charge in [0.25, 0.3) is 0 Å². The van der Waals surface area contributed by atoms with Crippen LogP contribution in [-0.2, 0) is 21.3 Å². The first-order valence-corrected chi connectivity index (χ1v) is 11.9. The number of fused-ring (bicyclic) bond motifs is 2. The Hall–Kier alpha value is -2.18. The molecule has 4 rings (SSSR count). The summed E-state index contributed by atoms with van der Waals surface area (Å²) in [5.41, 5.74) is 2.73. The average Bonchev–Trinajstić information content (AvgIpc) is 2.69. The highest BCUT2D eigenvalue weighted by atomic mass is 127. The van der Waals surface area contributed by atoms with Gasteiger partial charge in [0.2, 0.25) is 0 Å². The van der Waals surface area contributed by atoms with Crippen molar-refractivity contribution in [2.45, 2.75) is 11.5 Å². The fourth-order valence-electron chi connectivity index (χ4n) is 3.73. The molecule has 4 aromatic rings. The van der Waals surface area contributed by atoms with Crippen molar-refractivity contribution in [3.8, 4) is 0 Å². The van der Waals surface area contributed by atoms with Gasteiger partial charge in [0, 0.05) is 3.57 Å². The smallest absolute Gasteiger partial charge is 0.158 e. The third kappa shape index (κ3) is 3.71. The lowest BCUT2D eigenvalue weighted by Crippen LogP contribution is -2.09. The van der Waals surface area contributed by atoms with E-state index < -0.39 is 9.84 Å². The third-order valence-electron chi connectivity index (χ3n) is 4.95. The van der Waals surface area contributed by atoms with Crippen LogP contribution < -0.4 is 0 Å². The monoisotopic (exact) mass is 498 g/mol. The summed E-state index contributed by atoms with van der Waals surface area (Å²) in [6.07, 6.45) is 1.86. The summed E-state index contributed by atoms with van der Waals surface area (Å²) >= 11 is 2.22. The zero-order chi connectivity index (χ0) is 19.7. The van der Waals surface area contributed by atoms with Gasteiger partial charge in [0.05, 0.1) is 11.5 Å². The van der Waals surface area contributed by atoms with Crippen molar-refractivity contribution >= 4 is 60.0 Å². The maximum atomic E-state index is 13.1. The molecule has 0 aliphatic heterocycles. The van der Waals surface area contributed by atoms with Gasteiger partial charge < -0.3 is 0 Å². The third-order valence-corrected chi connectivity index (χ3v) is 7.17. The molecule has 0 saturated carbocycles. The lowest BCUT2D eigenvalue weighted by atomic mass is 9.92. The standard InChI is InChI=1S/C24H19IO2S/c1-2-19-20-7-3-5-9-22(20)24(23-10-6-4-8-21(19)23)16-28(26,27)15-17-11-13-18(25)14-12-17/h2-14H,1,15-16H2. The van der Waals surface area contributed by atoms with E-state index in [4.69, 9.17) is 0 Å². The zero-order valence-corrected chi connectivity index (χ0v) is 18.2. The van der Waals surface area contributed by atoms with E-state index in [9.17, 15) is 8.42 Å². The van der Waals surface area contributed by atoms with Gasteiger partial charge in [-0.25, -0.2) is 8.42 Å². The van der Waals surface area contributed by atoms with Crippen LogP contribution in [0.4, 0.5) is 0 Å². The molecular formula is C24H19IO2S. The molecule has 0 saturated heterocycles. The number of benzene rings is 4. The van der Waals surface area contributed by atoms with Crippen molar-refractivity contribution in [1.29, 1.82) is 0 Å². The number of hydrogen-bond acceptors (Lipinski definition) is 2. The Kier molecular flexibility index (Phi) is 5.25. The highest BCUT2D eigenvalue weighted by Crippen LogP contribution is 2.35. The Morgan fingerprint density at radius 1 is 0.750 bits per heavy atom. The molecular weight excluding hydrogens is 479 g/mol. The molecule has 4 aromatic carbocycles. The summed E-state index contributed by atoms with van der Waals surface area (Å²) < 4.78 is 27.2. The molecule has 0 radical (unpaired) electrons. The topological polar surface area (TPSA) is 34.1 Å². The van der Waals surface area contributed by atoms with E-state index in [1.54, 1.807) is 0 Å². The number of sulfone groups is 1. The Balaban J connectivity index is 1.87. The Labute approximate surface area is 179 Å². The van der Waals surface area contributed by atoms with Crippen molar-refractivity contribution in [2.24, 2.45) is 0 Å². The molecule has 0 aromatic heterocycles. The van der Waals surface area contributed by atoms with Gasteiger partial charge in [0.15, 0.2) is 9.84 Å². The minimum Gasteiger partial charge on any atom is -0.228 e. The highest BCUT2D eigenvalue weighted by molar-refractivity contribution is 14.1. The van der Waals surface area contributed by atoms with Crippen LogP contribution in [0.2, 0.25) is 0 Å². The van der Waals surface area contributed by atoms with Crippen molar-refractivity contribution in [3.63, 3.8) is 0 Å². The van der Waals surface area contributed by atoms with Gasteiger partial charge in [-0.3, -0.25) is 0 Å². The average molecular weight is 498 g/mol. The zero-order valence-electron chi connectivity index (χ0n) is 15.2. The van der Waals surface area contributed by atoms with Crippen LogP contribution in [0.3, 0.4) is 0 Å². The molecule has 0 unspecified atom stereocenters. The van der Waals surface area contributed by atoms with Crippen LogP contribution >= 0.6 is 22.6 Å². The van der Waals surface area contributed by atoms with Gasteiger partial charge in [-0.1, -0.05) is 73.3 Å². The van der Waals surface area contributed by atoms with Crippen LogP contribution in [0, 0.1) is 3.57 Å². The van der Waals surface area contributed by atoms with Crippen LogP contribution in [0.5, 0.6) is 0 Å². The molecule has 0 bridgehead atoms. The van der Waals surface area contributed by atoms with E-state index in [0.717, 1.165) is 41.8 Å². The fourth-order valence-corrected chi connectivity index (χ4v) is 5.65. The molecule has 0 atom stereocenters. The Morgan fingerprint density at radius 3 is 1.75 bits per heavy atom. The minimum absolute atomic E-state index is 0.0113. The van der Waals surface area contributed by atoms with Crippen molar-refractivity contribution in [3.05, 3.63) is 99.6 Å². The summed E-state index contributed by atoms with van der Waals surface area (Å²) in [7, 11) is -3.33. The van der Waals surface area contributed by atoms with E-state index in [-0.39, 0.29) is 11.5 Å². The number of hydrogen-bond donors (Lipinski definition) is 0. The largest absolute Gasteiger partial charge is 0.228 e. The Morgan fingerprint density at radius 2 is 1.25 bits per heavy atom. The predicted molar refractivity (Wildman–Crippen MR) is 127 cm³/mol. The minimum atomic E-state index is -3.33. The molecule has 28 heavy (non-hydrogen) atoms. The first-order valence-electron chi connectivity index (χ1n) is 8.98. The van der Waals surface area contributed by atoms with E-state index in [2.05, 4.69) is 29.2 Å². The Bertz CT molecular complexity index is 1230. The number of rotatable bonds is 5. The van der Waals surface area contributed by atoms with E-state index >= 15 is 0 Å². The van der Waals surface area contributed by atoms with E-state index in [1.807, 2.05) is 78.9 Å². The van der Waals surface area contributed by atoms with Crippen molar-refractivity contribution in [1.82, 2.24) is 0 Å². The number of halogens is 1. The molecule has 0 aliphatic carbocycles. The maximum absolute atomic E-state index is 13.1. The van der Waals surface area contributed by atoms with E-state index in [1.165, 1.54) is 0 Å². The quantitative estimate of drug-likeness (QED) is 0.237. The van der Waals surface area contributed by atoms with Crippen LogP contribution in [0.15, 0.2) is 79.4 Å². The molecule has 0 amide bonds.